The molecule has 2 aromatic rings. The third kappa shape index (κ3) is 2.26. The minimum atomic E-state index is 0.797. The number of ether oxygens (including phenoxy) is 1. The van der Waals surface area contributed by atoms with Crippen LogP contribution in [0.4, 0.5) is 0 Å². The van der Waals surface area contributed by atoms with Crippen molar-refractivity contribution in [2.45, 2.75) is 0 Å². The van der Waals surface area contributed by atoms with Gasteiger partial charge in [0.15, 0.2) is 5.88 Å². The summed E-state index contributed by atoms with van der Waals surface area (Å²) in [6.45, 7) is 0. The molecular weight excluding hydrogens is 322 g/mol. The number of hydrogen-bond donors (Lipinski definition) is 0. The van der Waals surface area contributed by atoms with Gasteiger partial charge in [0.05, 0.1) is 4.47 Å². The minimum absolute atomic E-state index is 0.797. The number of aryl methyl sites for hydroxylation is 1. The molecular formula is C11H9Br2NO. The Balaban J connectivity index is 2.33. The van der Waals surface area contributed by atoms with E-state index < -0.39 is 0 Å². The Bertz CT molecular complexity index is 479. The molecule has 2 rings (SSSR count). The topological polar surface area (TPSA) is 14.2 Å². The van der Waals surface area contributed by atoms with Gasteiger partial charge in [0, 0.05) is 23.8 Å². The minimum Gasteiger partial charge on any atom is -0.440 e. The molecule has 0 aliphatic carbocycles. The van der Waals surface area contributed by atoms with E-state index >= 15 is 0 Å². The number of nitrogens with zero attached hydrogens (tertiary/aromatic N) is 1. The highest BCUT2D eigenvalue weighted by Gasteiger charge is 2.06. The van der Waals surface area contributed by atoms with E-state index in [2.05, 4.69) is 31.9 Å². The Morgan fingerprint density at radius 1 is 1.13 bits per heavy atom. The van der Waals surface area contributed by atoms with Crippen molar-refractivity contribution in [1.82, 2.24) is 4.57 Å². The van der Waals surface area contributed by atoms with Gasteiger partial charge in [-0.1, -0.05) is 6.07 Å². The second-order valence-electron chi connectivity index (χ2n) is 3.11. The molecule has 15 heavy (non-hydrogen) atoms. The van der Waals surface area contributed by atoms with Gasteiger partial charge in [-0.15, -0.1) is 0 Å². The van der Waals surface area contributed by atoms with Gasteiger partial charge in [0.1, 0.15) is 5.75 Å². The SMILES string of the molecule is Cn1cccc1Oc1cccc(Br)c1Br. The van der Waals surface area contributed by atoms with E-state index in [0.717, 1.165) is 20.6 Å². The number of hydrogen-bond acceptors (Lipinski definition) is 1. The molecule has 78 valence electrons. The lowest BCUT2D eigenvalue weighted by Gasteiger charge is -2.08. The molecule has 0 unspecified atom stereocenters. The van der Waals surface area contributed by atoms with E-state index in [1.165, 1.54) is 0 Å². The van der Waals surface area contributed by atoms with Crippen LogP contribution in [-0.4, -0.2) is 4.57 Å². The number of halogens is 2. The monoisotopic (exact) mass is 329 g/mol. The summed E-state index contributed by atoms with van der Waals surface area (Å²) in [6.07, 6.45) is 1.95. The van der Waals surface area contributed by atoms with Crippen molar-refractivity contribution in [3.8, 4) is 11.6 Å². The van der Waals surface area contributed by atoms with Crippen molar-refractivity contribution in [3.05, 3.63) is 45.5 Å². The van der Waals surface area contributed by atoms with Crippen molar-refractivity contribution in [3.63, 3.8) is 0 Å². The Labute approximate surface area is 105 Å². The fraction of sp³-hybridized carbons (Fsp3) is 0.0909. The molecule has 0 N–H and O–H groups in total. The summed E-state index contributed by atoms with van der Waals surface area (Å²) in [5.41, 5.74) is 0. The van der Waals surface area contributed by atoms with Crippen LogP contribution in [0.15, 0.2) is 45.5 Å². The molecule has 1 heterocycles. The van der Waals surface area contributed by atoms with Gasteiger partial charge in [-0.25, -0.2) is 0 Å². The van der Waals surface area contributed by atoms with Crippen LogP contribution in [0.3, 0.4) is 0 Å². The second kappa shape index (κ2) is 4.41. The predicted octanol–water partition coefficient (Wildman–Crippen LogP) is 4.34. The van der Waals surface area contributed by atoms with Crippen molar-refractivity contribution >= 4 is 31.9 Å². The first-order chi connectivity index (χ1) is 7.18. The van der Waals surface area contributed by atoms with Crippen LogP contribution in [0, 0.1) is 0 Å². The summed E-state index contributed by atoms with van der Waals surface area (Å²) >= 11 is 6.90. The molecule has 1 aromatic carbocycles. The predicted molar refractivity (Wildman–Crippen MR) is 67.3 cm³/mol. The lowest BCUT2D eigenvalue weighted by molar-refractivity contribution is 0.440. The van der Waals surface area contributed by atoms with Crippen molar-refractivity contribution < 1.29 is 4.74 Å². The van der Waals surface area contributed by atoms with Crippen LogP contribution in [0.25, 0.3) is 0 Å². The molecule has 0 saturated heterocycles. The molecule has 0 aliphatic heterocycles. The van der Waals surface area contributed by atoms with E-state index in [0.29, 0.717) is 0 Å². The lowest BCUT2D eigenvalue weighted by atomic mass is 10.3. The van der Waals surface area contributed by atoms with Gasteiger partial charge in [-0.2, -0.15) is 0 Å². The molecule has 0 atom stereocenters. The highest BCUT2D eigenvalue weighted by molar-refractivity contribution is 9.13. The van der Waals surface area contributed by atoms with Gasteiger partial charge in [0.25, 0.3) is 0 Å². The van der Waals surface area contributed by atoms with Crippen molar-refractivity contribution in [2.75, 3.05) is 0 Å². The maximum absolute atomic E-state index is 5.75. The van der Waals surface area contributed by atoms with Crippen LogP contribution in [0.1, 0.15) is 0 Å². The smallest absolute Gasteiger partial charge is 0.199 e. The van der Waals surface area contributed by atoms with E-state index in [1.54, 1.807) is 0 Å². The van der Waals surface area contributed by atoms with Gasteiger partial charge < -0.3 is 9.30 Å². The summed E-state index contributed by atoms with van der Waals surface area (Å²) < 4.78 is 9.57. The molecule has 0 bridgehead atoms. The third-order valence-electron chi connectivity index (χ3n) is 2.03. The normalized spacial score (nSPS) is 10.3. The second-order valence-corrected chi connectivity index (χ2v) is 4.76. The van der Waals surface area contributed by atoms with E-state index in [4.69, 9.17) is 4.74 Å². The zero-order chi connectivity index (χ0) is 10.8. The fourth-order valence-electron chi connectivity index (χ4n) is 1.23. The standard InChI is InChI=1S/C11H9Br2NO/c1-14-7-3-6-10(14)15-9-5-2-4-8(12)11(9)13/h2-7H,1H3. The summed E-state index contributed by atoms with van der Waals surface area (Å²) in [5.74, 6) is 1.61. The molecule has 0 amide bonds. The lowest BCUT2D eigenvalue weighted by Crippen LogP contribution is -1.92. The fourth-order valence-corrected chi connectivity index (χ4v) is 1.92. The van der Waals surface area contributed by atoms with Crippen molar-refractivity contribution in [2.24, 2.45) is 7.05 Å². The van der Waals surface area contributed by atoms with Gasteiger partial charge >= 0.3 is 0 Å². The molecule has 1 aromatic heterocycles. The summed E-state index contributed by atoms with van der Waals surface area (Å²) in [6, 6.07) is 9.69. The maximum Gasteiger partial charge on any atom is 0.199 e. The van der Waals surface area contributed by atoms with E-state index in [-0.39, 0.29) is 0 Å². The zero-order valence-electron chi connectivity index (χ0n) is 8.08. The average Bonchev–Trinajstić information content (AvgIpc) is 2.60. The largest absolute Gasteiger partial charge is 0.440 e. The van der Waals surface area contributed by atoms with Crippen LogP contribution >= 0.6 is 31.9 Å². The van der Waals surface area contributed by atoms with Gasteiger partial charge in [0.2, 0.25) is 0 Å². The molecule has 0 saturated carbocycles. The Morgan fingerprint density at radius 2 is 1.93 bits per heavy atom. The number of rotatable bonds is 2. The van der Waals surface area contributed by atoms with Crippen LogP contribution < -0.4 is 4.74 Å². The van der Waals surface area contributed by atoms with Crippen molar-refractivity contribution in [1.29, 1.82) is 0 Å². The molecule has 0 fully saturated rings. The molecule has 0 aliphatic rings. The number of aromatic nitrogens is 1. The zero-order valence-corrected chi connectivity index (χ0v) is 11.2. The first kappa shape index (κ1) is 10.8. The third-order valence-corrected chi connectivity index (χ3v) is 4.04. The molecule has 2 nitrogen and oxygen atoms in total. The molecule has 4 heteroatoms. The summed E-state index contributed by atoms with van der Waals surface area (Å²) in [4.78, 5) is 0. The van der Waals surface area contributed by atoms with Gasteiger partial charge in [-0.3, -0.25) is 0 Å². The van der Waals surface area contributed by atoms with Crippen LogP contribution in [-0.2, 0) is 7.05 Å². The Kier molecular flexibility index (Phi) is 3.17. The summed E-state index contributed by atoms with van der Waals surface area (Å²) in [7, 11) is 1.95. The maximum atomic E-state index is 5.75. The molecule has 0 radical (unpaired) electrons. The highest BCUT2D eigenvalue weighted by atomic mass is 79.9. The van der Waals surface area contributed by atoms with Crippen LogP contribution in [0.5, 0.6) is 11.6 Å². The highest BCUT2D eigenvalue weighted by Crippen LogP contribution is 2.34. The van der Waals surface area contributed by atoms with Crippen LogP contribution in [0.2, 0.25) is 0 Å². The Morgan fingerprint density at radius 3 is 2.60 bits per heavy atom. The first-order valence-electron chi connectivity index (χ1n) is 4.41. The Hall–Kier alpha value is -0.740. The van der Waals surface area contributed by atoms with E-state index in [9.17, 15) is 0 Å². The number of benzene rings is 1. The van der Waals surface area contributed by atoms with E-state index in [1.807, 2.05) is 48.1 Å². The quantitative estimate of drug-likeness (QED) is 0.798. The molecule has 0 spiro atoms. The first-order valence-corrected chi connectivity index (χ1v) is 6.00. The summed E-state index contributed by atoms with van der Waals surface area (Å²) in [5, 5.41) is 0. The average molecular weight is 331 g/mol. The van der Waals surface area contributed by atoms with Gasteiger partial charge in [-0.05, 0) is 50.1 Å².